The van der Waals surface area contributed by atoms with Gasteiger partial charge in [-0.2, -0.15) is 0 Å². The van der Waals surface area contributed by atoms with E-state index < -0.39 is 10.0 Å². The average molecular weight is 217 g/mol. The number of allylic oxidation sites excluding steroid dienone is 2. The zero-order valence-corrected chi connectivity index (χ0v) is 8.29. The lowest BCUT2D eigenvalue weighted by molar-refractivity contribution is -0.0418. The number of nitrogens with two attached hydrogens (primary N) is 1. The zero-order valence-electron chi connectivity index (χ0n) is 7.47. The molecule has 1 heterocycles. The number of primary sulfonamides is 1. The summed E-state index contributed by atoms with van der Waals surface area (Å²) in [5.41, 5.74) is 0. The number of hydrogen-bond acceptors (Lipinski definition) is 4. The summed E-state index contributed by atoms with van der Waals surface area (Å²) in [7, 11) is -3.60. The van der Waals surface area contributed by atoms with Crippen molar-refractivity contribution in [2.75, 3.05) is 13.2 Å². The lowest BCUT2D eigenvalue weighted by Crippen LogP contribution is -2.31. The lowest BCUT2D eigenvalue weighted by Gasteiger charge is -2.28. The molecule has 2 N–H and O–H groups in total. The van der Waals surface area contributed by atoms with E-state index in [4.69, 9.17) is 14.6 Å². The highest BCUT2D eigenvalue weighted by Gasteiger charge is 2.28. The second kappa shape index (κ2) is 3.38. The summed E-state index contributed by atoms with van der Waals surface area (Å²) in [6.07, 6.45) is 3.05. The molecule has 6 heteroatoms. The molecule has 0 amide bonds. The van der Waals surface area contributed by atoms with Gasteiger partial charge in [-0.05, 0) is 12.2 Å². The number of fused-ring (bicyclic) bond motifs is 1. The van der Waals surface area contributed by atoms with Crippen molar-refractivity contribution in [3.8, 4) is 0 Å². The molecule has 2 rings (SSSR count). The van der Waals surface area contributed by atoms with E-state index in [9.17, 15) is 8.42 Å². The van der Waals surface area contributed by atoms with Crippen LogP contribution in [0.5, 0.6) is 0 Å². The van der Waals surface area contributed by atoms with E-state index in [2.05, 4.69) is 0 Å². The molecule has 1 aliphatic carbocycles. The summed E-state index contributed by atoms with van der Waals surface area (Å²) in [6.45, 7) is 1.00. The van der Waals surface area contributed by atoms with Crippen LogP contribution in [0.3, 0.4) is 0 Å². The van der Waals surface area contributed by atoms with Crippen LogP contribution < -0.4 is 5.14 Å². The molecule has 14 heavy (non-hydrogen) atoms. The van der Waals surface area contributed by atoms with Gasteiger partial charge in [-0.15, -0.1) is 0 Å². The molecule has 0 saturated carbocycles. The van der Waals surface area contributed by atoms with Crippen LogP contribution in [0.4, 0.5) is 0 Å². The fourth-order valence-corrected chi connectivity index (χ4v) is 2.12. The smallest absolute Gasteiger partial charge is 0.234 e. The van der Waals surface area contributed by atoms with E-state index in [1.807, 2.05) is 0 Å². The van der Waals surface area contributed by atoms with E-state index in [1.165, 1.54) is 6.08 Å². The van der Waals surface area contributed by atoms with Crippen molar-refractivity contribution in [2.45, 2.75) is 12.5 Å². The van der Waals surface area contributed by atoms with Crippen LogP contribution >= 0.6 is 0 Å². The normalized spacial score (nSPS) is 27.1. The Kier molecular flexibility index (Phi) is 2.34. The third kappa shape index (κ3) is 1.82. The quantitative estimate of drug-likeness (QED) is 0.663. The van der Waals surface area contributed by atoms with E-state index in [0.29, 0.717) is 19.0 Å². The highest BCUT2D eigenvalue weighted by molar-refractivity contribution is 7.93. The Morgan fingerprint density at radius 2 is 2.14 bits per heavy atom. The highest BCUT2D eigenvalue weighted by Crippen LogP contribution is 2.26. The van der Waals surface area contributed by atoms with E-state index in [0.717, 1.165) is 0 Å². The standard InChI is InChI=1S/C8H11NO4S/c9-14(10,11)6-1-2-7-8(5-6)13-4-3-12-7/h1-2,8H,3-5H2,(H2,9,10,11). The van der Waals surface area contributed by atoms with Crippen molar-refractivity contribution in [2.24, 2.45) is 5.14 Å². The fourth-order valence-electron chi connectivity index (χ4n) is 1.48. The van der Waals surface area contributed by atoms with Crippen LogP contribution in [-0.2, 0) is 19.5 Å². The zero-order chi connectivity index (χ0) is 10.2. The predicted molar refractivity (Wildman–Crippen MR) is 49.6 cm³/mol. The van der Waals surface area contributed by atoms with Gasteiger partial charge in [0.25, 0.3) is 0 Å². The molecule has 0 spiro atoms. The molecule has 1 unspecified atom stereocenters. The summed E-state index contributed by atoms with van der Waals surface area (Å²) in [5.74, 6) is 0.684. The minimum atomic E-state index is -3.60. The summed E-state index contributed by atoms with van der Waals surface area (Å²) in [4.78, 5) is 0.191. The first-order valence-corrected chi connectivity index (χ1v) is 5.80. The Bertz CT molecular complexity index is 396. The van der Waals surface area contributed by atoms with Crippen LogP contribution in [0.25, 0.3) is 0 Å². The predicted octanol–water partition coefficient (Wildman–Crippen LogP) is -0.138. The first-order chi connectivity index (χ1) is 6.57. The van der Waals surface area contributed by atoms with Crippen LogP contribution in [0.1, 0.15) is 6.42 Å². The van der Waals surface area contributed by atoms with Crippen LogP contribution in [0.15, 0.2) is 22.8 Å². The number of sulfonamides is 1. The molecule has 1 fully saturated rings. The molecule has 1 saturated heterocycles. The van der Waals surface area contributed by atoms with Crippen molar-refractivity contribution in [3.05, 3.63) is 22.8 Å². The maximum absolute atomic E-state index is 11.0. The van der Waals surface area contributed by atoms with Crippen molar-refractivity contribution in [3.63, 3.8) is 0 Å². The topological polar surface area (TPSA) is 78.6 Å². The Morgan fingerprint density at radius 1 is 1.36 bits per heavy atom. The van der Waals surface area contributed by atoms with Crippen LogP contribution in [-0.4, -0.2) is 27.7 Å². The maximum Gasteiger partial charge on any atom is 0.234 e. The third-order valence-electron chi connectivity index (χ3n) is 2.17. The Balaban J connectivity index is 2.26. The first-order valence-electron chi connectivity index (χ1n) is 4.25. The van der Waals surface area contributed by atoms with Crippen molar-refractivity contribution in [1.29, 1.82) is 0 Å². The average Bonchev–Trinajstić information content (AvgIpc) is 2.16. The maximum atomic E-state index is 11.0. The Morgan fingerprint density at radius 3 is 2.86 bits per heavy atom. The second-order valence-electron chi connectivity index (χ2n) is 3.16. The van der Waals surface area contributed by atoms with Crippen LogP contribution in [0.2, 0.25) is 0 Å². The van der Waals surface area contributed by atoms with Gasteiger partial charge in [0.1, 0.15) is 18.5 Å². The minimum absolute atomic E-state index is 0.191. The monoisotopic (exact) mass is 217 g/mol. The molecule has 0 aromatic rings. The van der Waals surface area contributed by atoms with Gasteiger partial charge in [-0.3, -0.25) is 0 Å². The molecule has 0 aromatic heterocycles. The summed E-state index contributed by atoms with van der Waals surface area (Å²) in [6, 6.07) is 0. The second-order valence-corrected chi connectivity index (χ2v) is 4.77. The van der Waals surface area contributed by atoms with E-state index >= 15 is 0 Å². The molecule has 1 atom stereocenters. The highest BCUT2D eigenvalue weighted by atomic mass is 32.2. The minimum Gasteiger partial charge on any atom is -0.493 e. The molecular weight excluding hydrogens is 206 g/mol. The van der Waals surface area contributed by atoms with Gasteiger partial charge in [-0.25, -0.2) is 13.6 Å². The molecule has 0 bridgehead atoms. The first kappa shape index (κ1) is 9.70. The lowest BCUT2D eigenvalue weighted by atomic mass is 10.1. The number of hydrogen-bond donors (Lipinski definition) is 1. The molecule has 1 aliphatic heterocycles. The van der Waals surface area contributed by atoms with Gasteiger partial charge < -0.3 is 9.47 Å². The SMILES string of the molecule is NS(=O)(=O)C1=CC=C2OCCOC2C1. The Labute approximate surface area is 82.2 Å². The van der Waals surface area contributed by atoms with E-state index in [-0.39, 0.29) is 17.4 Å². The number of rotatable bonds is 1. The molecular formula is C8H11NO4S. The molecule has 78 valence electrons. The van der Waals surface area contributed by atoms with Gasteiger partial charge in [0.05, 0.1) is 11.5 Å². The van der Waals surface area contributed by atoms with Gasteiger partial charge in [0.2, 0.25) is 10.0 Å². The fraction of sp³-hybridized carbons (Fsp3) is 0.500. The largest absolute Gasteiger partial charge is 0.493 e. The molecule has 5 nitrogen and oxygen atoms in total. The third-order valence-corrected chi connectivity index (χ3v) is 3.21. The van der Waals surface area contributed by atoms with E-state index in [1.54, 1.807) is 6.08 Å². The number of ether oxygens (including phenoxy) is 2. The van der Waals surface area contributed by atoms with Crippen molar-refractivity contribution in [1.82, 2.24) is 0 Å². The van der Waals surface area contributed by atoms with Gasteiger partial charge in [-0.1, -0.05) is 0 Å². The van der Waals surface area contributed by atoms with Gasteiger partial charge in [0.15, 0.2) is 0 Å². The molecule has 0 aromatic carbocycles. The van der Waals surface area contributed by atoms with Crippen LogP contribution in [0, 0.1) is 0 Å². The summed E-state index contributed by atoms with van der Waals surface area (Å²) >= 11 is 0. The Hall–Kier alpha value is -0.850. The van der Waals surface area contributed by atoms with Crippen molar-refractivity contribution >= 4 is 10.0 Å². The van der Waals surface area contributed by atoms with Gasteiger partial charge >= 0.3 is 0 Å². The summed E-state index contributed by atoms with van der Waals surface area (Å²) in [5, 5.41) is 5.01. The molecule has 0 radical (unpaired) electrons. The molecule has 2 aliphatic rings. The summed E-state index contributed by atoms with van der Waals surface area (Å²) < 4.78 is 32.7. The van der Waals surface area contributed by atoms with Gasteiger partial charge in [0, 0.05) is 6.42 Å². The van der Waals surface area contributed by atoms with Crippen molar-refractivity contribution < 1.29 is 17.9 Å².